The van der Waals surface area contributed by atoms with Crippen molar-refractivity contribution < 1.29 is 4.79 Å². The first-order valence-electron chi connectivity index (χ1n) is 6.24. The molecular weight excluding hydrogens is 240 g/mol. The SMILES string of the molecule is CNCC(=O)NCc1cnn(Cc2ccccc2)c1. The Labute approximate surface area is 112 Å². The maximum atomic E-state index is 11.3. The summed E-state index contributed by atoms with van der Waals surface area (Å²) in [5, 5.41) is 9.92. The van der Waals surface area contributed by atoms with Crippen LogP contribution in [-0.2, 0) is 17.9 Å². The third kappa shape index (κ3) is 4.22. The molecule has 0 atom stereocenters. The maximum Gasteiger partial charge on any atom is 0.234 e. The molecule has 100 valence electrons. The van der Waals surface area contributed by atoms with Gasteiger partial charge in [0.15, 0.2) is 0 Å². The van der Waals surface area contributed by atoms with E-state index in [0.29, 0.717) is 13.1 Å². The lowest BCUT2D eigenvalue weighted by molar-refractivity contribution is -0.120. The number of likely N-dealkylation sites (N-methyl/N-ethyl adjacent to an activating group) is 1. The Balaban J connectivity index is 1.87. The van der Waals surface area contributed by atoms with Crippen molar-refractivity contribution in [1.29, 1.82) is 0 Å². The van der Waals surface area contributed by atoms with E-state index in [4.69, 9.17) is 0 Å². The first-order valence-corrected chi connectivity index (χ1v) is 6.24. The molecule has 5 heteroatoms. The molecule has 1 amide bonds. The number of carbonyl (C=O) groups excluding carboxylic acids is 1. The number of hydrogen-bond donors (Lipinski definition) is 2. The molecule has 0 bridgehead atoms. The largest absolute Gasteiger partial charge is 0.351 e. The zero-order valence-corrected chi connectivity index (χ0v) is 11.0. The van der Waals surface area contributed by atoms with Gasteiger partial charge in [-0.25, -0.2) is 0 Å². The van der Waals surface area contributed by atoms with E-state index in [9.17, 15) is 4.79 Å². The quantitative estimate of drug-likeness (QED) is 0.804. The van der Waals surface area contributed by atoms with Gasteiger partial charge in [-0.2, -0.15) is 5.10 Å². The van der Waals surface area contributed by atoms with E-state index < -0.39 is 0 Å². The predicted molar refractivity (Wildman–Crippen MR) is 73.5 cm³/mol. The number of rotatable bonds is 6. The van der Waals surface area contributed by atoms with Crippen molar-refractivity contribution in [2.75, 3.05) is 13.6 Å². The molecule has 2 aromatic rings. The summed E-state index contributed by atoms with van der Waals surface area (Å²) in [6.07, 6.45) is 3.73. The van der Waals surface area contributed by atoms with E-state index in [0.717, 1.165) is 12.1 Å². The lowest BCUT2D eigenvalue weighted by atomic mass is 10.2. The predicted octanol–water partition coefficient (Wildman–Crippen LogP) is 0.767. The van der Waals surface area contributed by atoms with E-state index >= 15 is 0 Å². The number of carbonyl (C=O) groups is 1. The van der Waals surface area contributed by atoms with Gasteiger partial charge in [0, 0.05) is 18.3 Å². The fourth-order valence-electron chi connectivity index (χ4n) is 1.78. The van der Waals surface area contributed by atoms with E-state index in [2.05, 4.69) is 27.9 Å². The van der Waals surface area contributed by atoms with Crippen LogP contribution < -0.4 is 10.6 Å². The third-order valence-electron chi connectivity index (χ3n) is 2.70. The lowest BCUT2D eigenvalue weighted by Crippen LogP contribution is -2.31. The fourth-order valence-corrected chi connectivity index (χ4v) is 1.78. The summed E-state index contributed by atoms with van der Waals surface area (Å²) in [6.45, 7) is 1.58. The topological polar surface area (TPSA) is 59.0 Å². The van der Waals surface area contributed by atoms with Crippen LogP contribution >= 0.6 is 0 Å². The minimum Gasteiger partial charge on any atom is -0.351 e. The van der Waals surface area contributed by atoms with Gasteiger partial charge in [0.1, 0.15) is 0 Å². The van der Waals surface area contributed by atoms with Crippen molar-refractivity contribution in [3.8, 4) is 0 Å². The smallest absolute Gasteiger partial charge is 0.234 e. The van der Waals surface area contributed by atoms with Crippen LogP contribution in [0.5, 0.6) is 0 Å². The summed E-state index contributed by atoms with van der Waals surface area (Å²) in [6, 6.07) is 10.1. The molecule has 19 heavy (non-hydrogen) atoms. The van der Waals surface area contributed by atoms with Gasteiger partial charge in [0.2, 0.25) is 5.91 Å². The molecule has 0 aliphatic rings. The zero-order valence-electron chi connectivity index (χ0n) is 11.0. The van der Waals surface area contributed by atoms with Gasteiger partial charge >= 0.3 is 0 Å². The van der Waals surface area contributed by atoms with Crippen molar-refractivity contribution in [2.24, 2.45) is 0 Å². The number of nitrogens with zero attached hydrogens (tertiary/aromatic N) is 2. The highest BCUT2D eigenvalue weighted by molar-refractivity contribution is 5.77. The molecule has 0 saturated heterocycles. The van der Waals surface area contributed by atoms with E-state index in [1.165, 1.54) is 5.56 Å². The summed E-state index contributed by atoms with van der Waals surface area (Å²) in [5.41, 5.74) is 2.21. The van der Waals surface area contributed by atoms with Crippen molar-refractivity contribution in [3.05, 3.63) is 53.9 Å². The van der Waals surface area contributed by atoms with Crippen LogP contribution in [0.1, 0.15) is 11.1 Å². The fraction of sp³-hybridized carbons (Fsp3) is 0.286. The number of amides is 1. The Morgan fingerprint density at radius 1 is 1.26 bits per heavy atom. The molecule has 2 rings (SSSR count). The first-order chi connectivity index (χ1) is 9.28. The summed E-state index contributed by atoms with van der Waals surface area (Å²) in [5.74, 6) is -0.0155. The van der Waals surface area contributed by atoms with Crippen molar-refractivity contribution >= 4 is 5.91 Å². The number of benzene rings is 1. The lowest BCUT2D eigenvalue weighted by Gasteiger charge is -2.02. The van der Waals surface area contributed by atoms with Gasteiger partial charge in [-0.15, -0.1) is 0 Å². The average molecular weight is 258 g/mol. The Bertz CT molecular complexity index is 521. The number of nitrogens with one attached hydrogen (secondary N) is 2. The van der Waals surface area contributed by atoms with Crippen LogP contribution in [0.25, 0.3) is 0 Å². The number of aromatic nitrogens is 2. The molecule has 5 nitrogen and oxygen atoms in total. The molecule has 0 fully saturated rings. The standard InChI is InChI=1S/C14H18N4O/c1-15-9-14(19)16-7-13-8-17-18(11-13)10-12-5-3-2-4-6-12/h2-6,8,11,15H,7,9-10H2,1H3,(H,16,19). The molecule has 0 radical (unpaired) electrons. The van der Waals surface area contributed by atoms with Gasteiger partial charge in [0.25, 0.3) is 0 Å². The second-order valence-corrected chi connectivity index (χ2v) is 4.34. The molecule has 2 N–H and O–H groups in total. The Kier molecular flexibility index (Phi) is 4.69. The molecule has 0 spiro atoms. The Morgan fingerprint density at radius 2 is 2.05 bits per heavy atom. The molecule has 1 aromatic carbocycles. The number of hydrogen-bond acceptors (Lipinski definition) is 3. The van der Waals surface area contributed by atoms with Gasteiger partial charge in [-0.3, -0.25) is 9.48 Å². The van der Waals surface area contributed by atoms with E-state index in [1.807, 2.05) is 29.1 Å². The molecule has 0 aliphatic heterocycles. The average Bonchev–Trinajstić information content (AvgIpc) is 2.86. The molecule has 1 heterocycles. The summed E-state index contributed by atoms with van der Waals surface area (Å²) in [4.78, 5) is 11.3. The monoisotopic (exact) mass is 258 g/mol. The molecule has 0 saturated carbocycles. The normalized spacial score (nSPS) is 10.4. The molecule has 1 aromatic heterocycles. The summed E-state index contributed by atoms with van der Waals surface area (Å²) >= 11 is 0. The van der Waals surface area contributed by atoms with Gasteiger partial charge in [-0.05, 0) is 12.6 Å². The highest BCUT2D eigenvalue weighted by atomic mass is 16.1. The van der Waals surface area contributed by atoms with Crippen LogP contribution in [0.15, 0.2) is 42.7 Å². The Hall–Kier alpha value is -2.14. The summed E-state index contributed by atoms with van der Waals surface area (Å²) in [7, 11) is 1.75. The zero-order chi connectivity index (χ0) is 13.5. The minimum absolute atomic E-state index is 0.0155. The minimum atomic E-state index is -0.0155. The van der Waals surface area contributed by atoms with E-state index in [1.54, 1.807) is 13.2 Å². The van der Waals surface area contributed by atoms with Gasteiger partial charge in [-0.1, -0.05) is 30.3 Å². The molecule has 0 unspecified atom stereocenters. The highest BCUT2D eigenvalue weighted by Gasteiger charge is 2.02. The summed E-state index contributed by atoms with van der Waals surface area (Å²) < 4.78 is 1.87. The van der Waals surface area contributed by atoms with Crippen molar-refractivity contribution in [2.45, 2.75) is 13.1 Å². The van der Waals surface area contributed by atoms with Crippen molar-refractivity contribution in [3.63, 3.8) is 0 Å². The van der Waals surface area contributed by atoms with Crippen LogP contribution in [-0.4, -0.2) is 29.3 Å². The molecule has 0 aliphatic carbocycles. The van der Waals surface area contributed by atoms with Crippen molar-refractivity contribution in [1.82, 2.24) is 20.4 Å². The van der Waals surface area contributed by atoms with Crippen LogP contribution in [0.4, 0.5) is 0 Å². The van der Waals surface area contributed by atoms with Gasteiger partial charge < -0.3 is 10.6 Å². The van der Waals surface area contributed by atoms with Crippen LogP contribution in [0.2, 0.25) is 0 Å². The molecular formula is C14H18N4O. The highest BCUT2D eigenvalue weighted by Crippen LogP contribution is 2.03. The second-order valence-electron chi connectivity index (χ2n) is 4.34. The Morgan fingerprint density at radius 3 is 2.79 bits per heavy atom. The van der Waals surface area contributed by atoms with Gasteiger partial charge in [0.05, 0.1) is 19.3 Å². The second kappa shape index (κ2) is 6.70. The maximum absolute atomic E-state index is 11.3. The third-order valence-corrected chi connectivity index (χ3v) is 2.70. The first kappa shape index (κ1) is 13.3. The van der Waals surface area contributed by atoms with Crippen LogP contribution in [0, 0.1) is 0 Å². The van der Waals surface area contributed by atoms with Crippen LogP contribution in [0.3, 0.4) is 0 Å². The van der Waals surface area contributed by atoms with E-state index in [-0.39, 0.29) is 5.91 Å².